The van der Waals surface area contributed by atoms with Gasteiger partial charge in [0.1, 0.15) is 16.3 Å². The SMILES string of the molecule is CCOC(=O)c1cc(-c2ccccc2)sc1NC(=O)COc1ccc2c3c(c(=O)oc2c1)CCC3. The van der Waals surface area contributed by atoms with Crippen molar-refractivity contribution < 1.29 is 23.5 Å². The summed E-state index contributed by atoms with van der Waals surface area (Å²) in [5.41, 5.74) is 3.17. The fraction of sp³-hybridized carbons (Fsp3) is 0.222. The summed E-state index contributed by atoms with van der Waals surface area (Å²) in [4.78, 5) is 38.2. The number of anilines is 1. The van der Waals surface area contributed by atoms with E-state index in [1.54, 1.807) is 25.1 Å². The van der Waals surface area contributed by atoms with Gasteiger partial charge in [-0.3, -0.25) is 4.79 Å². The molecule has 2 aromatic carbocycles. The topological polar surface area (TPSA) is 94.8 Å². The van der Waals surface area contributed by atoms with Crippen LogP contribution in [0, 0.1) is 0 Å². The van der Waals surface area contributed by atoms with Crippen LogP contribution in [-0.2, 0) is 22.4 Å². The van der Waals surface area contributed by atoms with Crippen LogP contribution in [-0.4, -0.2) is 25.1 Å². The monoisotopic (exact) mass is 489 g/mol. The zero-order chi connectivity index (χ0) is 24.4. The molecule has 178 valence electrons. The summed E-state index contributed by atoms with van der Waals surface area (Å²) < 4.78 is 16.3. The number of fused-ring (bicyclic) bond motifs is 3. The van der Waals surface area contributed by atoms with E-state index in [0.717, 1.165) is 46.2 Å². The fourth-order valence-electron chi connectivity index (χ4n) is 4.25. The molecule has 7 nitrogen and oxygen atoms in total. The van der Waals surface area contributed by atoms with Crippen molar-refractivity contribution in [2.45, 2.75) is 26.2 Å². The molecule has 5 rings (SSSR count). The van der Waals surface area contributed by atoms with Gasteiger partial charge in [-0.2, -0.15) is 0 Å². The maximum Gasteiger partial charge on any atom is 0.341 e. The van der Waals surface area contributed by atoms with Crippen molar-refractivity contribution in [2.24, 2.45) is 0 Å². The summed E-state index contributed by atoms with van der Waals surface area (Å²) in [7, 11) is 0. The summed E-state index contributed by atoms with van der Waals surface area (Å²) in [6.45, 7) is 1.68. The predicted molar refractivity (Wildman–Crippen MR) is 134 cm³/mol. The number of benzene rings is 2. The highest BCUT2D eigenvalue weighted by atomic mass is 32.1. The molecular weight excluding hydrogens is 466 g/mol. The van der Waals surface area contributed by atoms with Crippen molar-refractivity contribution in [3.63, 3.8) is 0 Å². The second-order valence-electron chi connectivity index (χ2n) is 8.13. The van der Waals surface area contributed by atoms with E-state index in [1.807, 2.05) is 36.4 Å². The van der Waals surface area contributed by atoms with Gasteiger partial charge in [0.2, 0.25) is 0 Å². The number of carbonyl (C=O) groups is 2. The molecule has 0 saturated carbocycles. The molecule has 2 heterocycles. The van der Waals surface area contributed by atoms with Crippen LogP contribution >= 0.6 is 11.3 Å². The van der Waals surface area contributed by atoms with Crippen LogP contribution in [0.5, 0.6) is 5.75 Å². The molecule has 1 amide bonds. The lowest BCUT2D eigenvalue weighted by molar-refractivity contribution is -0.118. The first-order valence-corrected chi connectivity index (χ1v) is 12.2. The Labute approximate surface area is 205 Å². The van der Waals surface area contributed by atoms with Gasteiger partial charge in [0.15, 0.2) is 6.61 Å². The highest BCUT2D eigenvalue weighted by molar-refractivity contribution is 7.20. The van der Waals surface area contributed by atoms with Gasteiger partial charge in [0, 0.05) is 21.9 Å². The standard InChI is InChI=1S/C27H23NO6S/c1-2-32-26(30)21-14-23(16-7-4-3-5-8-16)35-25(21)28-24(29)15-33-17-11-12-19-18-9-6-10-20(18)27(31)34-22(19)13-17/h3-5,7-8,11-14H,2,6,9-10,15H2,1H3,(H,28,29). The number of hydrogen-bond donors (Lipinski definition) is 1. The molecular formula is C27H23NO6S. The van der Waals surface area contributed by atoms with E-state index in [4.69, 9.17) is 13.9 Å². The molecule has 1 aliphatic rings. The minimum atomic E-state index is -0.501. The van der Waals surface area contributed by atoms with E-state index in [1.165, 1.54) is 11.3 Å². The maximum absolute atomic E-state index is 12.7. The van der Waals surface area contributed by atoms with Crippen LogP contribution in [0.4, 0.5) is 5.00 Å². The lowest BCUT2D eigenvalue weighted by Crippen LogP contribution is -2.21. The minimum Gasteiger partial charge on any atom is -0.484 e. The Morgan fingerprint density at radius 1 is 1.06 bits per heavy atom. The van der Waals surface area contributed by atoms with Gasteiger partial charge < -0.3 is 19.2 Å². The average molecular weight is 490 g/mol. The Hall–Kier alpha value is -3.91. The van der Waals surface area contributed by atoms with Crippen LogP contribution in [0.15, 0.2) is 63.8 Å². The molecule has 0 saturated heterocycles. The van der Waals surface area contributed by atoms with Crippen LogP contribution in [0.25, 0.3) is 21.4 Å². The van der Waals surface area contributed by atoms with Gasteiger partial charge >= 0.3 is 11.6 Å². The molecule has 8 heteroatoms. The number of thiophene rings is 1. The number of carbonyl (C=O) groups excluding carboxylic acids is 2. The largest absolute Gasteiger partial charge is 0.484 e. The van der Waals surface area contributed by atoms with E-state index >= 15 is 0 Å². The van der Waals surface area contributed by atoms with E-state index in [9.17, 15) is 14.4 Å². The number of hydrogen-bond acceptors (Lipinski definition) is 7. The summed E-state index contributed by atoms with van der Waals surface area (Å²) in [6, 6.07) is 16.6. The van der Waals surface area contributed by atoms with Crippen molar-refractivity contribution in [1.82, 2.24) is 0 Å². The van der Waals surface area contributed by atoms with Crippen LogP contribution in [0.3, 0.4) is 0 Å². The van der Waals surface area contributed by atoms with Crippen LogP contribution < -0.4 is 15.7 Å². The Bertz CT molecular complexity index is 1470. The quantitative estimate of drug-likeness (QED) is 0.283. The number of ether oxygens (including phenoxy) is 2. The summed E-state index contributed by atoms with van der Waals surface area (Å²) in [5.74, 6) is -0.512. The predicted octanol–water partition coefficient (Wildman–Crippen LogP) is 5.20. The fourth-order valence-corrected chi connectivity index (χ4v) is 5.32. The molecule has 0 unspecified atom stereocenters. The van der Waals surface area contributed by atoms with E-state index in [0.29, 0.717) is 21.9 Å². The first-order valence-electron chi connectivity index (χ1n) is 11.4. The van der Waals surface area contributed by atoms with Crippen molar-refractivity contribution in [2.75, 3.05) is 18.5 Å². The number of amides is 1. The van der Waals surface area contributed by atoms with Gasteiger partial charge in [-0.1, -0.05) is 30.3 Å². The minimum absolute atomic E-state index is 0.229. The zero-order valence-electron chi connectivity index (χ0n) is 19.1. The van der Waals surface area contributed by atoms with Crippen molar-refractivity contribution in [3.8, 4) is 16.2 Å². The second-order valence-corrected chi connectivity index (χ2v) is 9.19. The summed E-state index contributed by atoms with van der Waals surface area (Å²) in [5, 5.41) is 4.07. The van der Waals surface area contributed by atoms with E-state index < -0.39 is 11.9 Å². The molecule has 0 radical (unpaired) electrons. The average Bonchev–Trinajstić information content (AvgIpc) is 3.52. The molecule has 0 bridgehead atoms. The molecule has 0 atom stereocenters. The summed E-state index contributed by atoms with van der Waals surface area (Å²) in [6.07, 6.45) is 2.54. The normalized spacial score (nSPS) is 12.4. The van der Waals surface area contributed by atoms with Gasteiger partial charge in [0.05, 0.1) is 12.2 Å². The van der Waals surface area contributed by atoms with E-state index in [2.05, 4.69) is 5.32 Å². The third-order valence-electron chi connectivity index (χ3n) is 5.85. The molecule has 0 aliphatic heterocycles. The Morgan fingerprint density at radius 3 is 2.66 bits per heavy atom. The summed E-state index contributed by atoms with van der Waals surface area (Å²) >= 11 is 1.29. The molecule has 1 aliphatic carbocycles. The van der Waals surface area contributed by atoms with Gasteiger partial charge in [-0.05, 0) is 55.5 Å². The lowest BCUT2D eigenvalue weighted by atomic mass is 10.1. The molecule has 2 aromatic heterocycles. The third-order valence-corrected chi connectivity index (χ3v) is 6.95. The molecule has 0 fully saturated rings. The molecule has 0 spiro atoms. The number of nitrogens with one attached hydrogen (secondary N) is 1. The van der Waals surface area contributed by atoms with Crippen molar-refractivity contribution in [1.29, 1.82) is 0 Å². The lowest BCUT2D eigenvalue weighted by Gasteiger charge is -2.09. The van der Waals surface area contributed by atoms with E-state index in [-0.39, 0.29) is 18.8 Å². The Morgan fingerprint density at radius 2 is 1.86 bits per heavy atom. The smallest absolute Gasteiger partial charge is 0.341 e. The van der Waals surface area contributed by atoms with Crippen LogP contribution in [0.2, 0.25) is 0 Å². The van der Waals surface area contributed by atoms with Gasteiger partial charge in [-0.15, -0.1) is 11.3 Å². The first-order chi connectivity index (χ1) is 17.0. The molecule has 35 heavy (non-hydrogen) atoms. The first kappa shape index (κ1) is 22.9. The highest BCUT2D eigenvalue weighted by Crippen LogP contribution is 2.36. The molecule has 1 N–H and O–H groups in total. The zero-order valence-corrected chi connectivity index (χ0v) is 19.9. The maximum atomic E-state index is 12.7. The molecule has 4 aromatic rings. The highest BCUT2D eigenvalue weighted by Gasteiger charge is 2.21. The van der Waals surface area contributed by atoms with Crippen LogP contribution in [0.1, 0.15) is 34.8 Å². The number of aryl methyl sites for hydroxylation is 1. The third kappa shape index (κ3) is 4.70. The van der Waals surface area contributed by atoms with Crippen molar-refractivity contribution >= 4 is 39.2 Å². The Balaban J connectivity index is 1.32. The number of esters is 1. The second kappa shape index (κ2) is 9.76. The van der Waals surface area contributed by atoms with Gasteiger partial charge in [-0.25, -0.2) is 9.59 Å². The Kier molecular flexibility index (Phi) is 6.37. The van der Waals surface area contributed by atoms with Crippen molar-refractivity contribution in [3.05, 3.63) is 81.7 Å². The number of rotatable bonds is 7. The van der Waals surface area contributed by atoms with Gasteiger partial charge in [0.25, 0.3) is 5.91 Å².